The fraction of sp³-hybridized carbons (Fsp3) is 0.513. The highest BCUT2D eigenvalue weighted by Crippen LogP contribution is 2.43. The van der Waals surface area contributed by atoms with Crippen LogP contribution >= 0.6 is 0 Å². The van der Waals surface area contributed by atoms with Crippen LogP contribution in [0.15, 0.2) is 36.4 Å². The molecule has 16 nitrogen and oxygen atoms in total. The fourth-order valence-electron chi connectivity index (χ4n) is 7.95. The Labute approximate surface area is 336 Å². The van der Waals surface area contributed by atoms with Gasteiger partial charge in [-0.3, -0.25) is 39.4 Å². The number of anilines is 2. The molecule has 0 radical (unpaired) electrons. The first kappa shape index (κ1) is 41.4. The first-order valence-electron chi connectivity index (χ1n) is 19.3. The van der Waals surface area contributed by atoms with Crippen molar-refractivity contribution in [3.05, 3.63) is 47.5 Å². The number of aromatic nitrogens is 4. The van der Waals surface area contributed by atoms with Crippen molar-refractivity contribution in [3.8, 4) is 0 Å². The zero-order valence-corrected chi connectivity index (χ0v) is 33.3. The van der Waals surface area contributed by atoms with E-state index in [1.807, 2.05) is 0 Å². The van der Waals surface area contributed by atoms with Gasteiger partial charge in [-0.2, -0.15) is 10.2 Å². The van der Waals surface area contributed by atoms with E-state index in [1.54, 1.807) is 75.9 Å². The average Bonchev–Trinajstić information content (AvgIpc) is 3.65. The van der Waals surface area contributed by atoms with Crippen molar-refractivity contribution in [2.24, 2.45) is 14.1 Å². The van der Waals surface area contributed by atoms with Gasteiger partial charge in [-0.05, 0) is 75.5 Å². The number of ether oxygens (including phenoxy) is 1. The summed E-state index contributed by atoms with van der Waals surface area (Å²) in [6.45, 7) is 5.18. The Morgan fingerprint density at radius 2 is 1.24 bits per heavy atom. The largest absolute Gasteiger partial charge is 0.444 e. The van der Waals surface area contributed by atoms with E-state index in [9.17, 15) is 32.8 Å². The molecule has 4 aliphatic rings. The molecule has 2 aromatic heterocycles. The van der Waals surface area contributed by atoms with Gasteiger partial charge in [0, 0.05) is 57.3 Å². The molecule has 0 bridgehead atoms. The maximum atomic E-state index is 15.1. The number of imide groups is 2. The van der Waals surface area contributed by atoms with Gasteiger partial charge in [0.1, 0.15) is 5.60 Å². The summed E-state index contributed by atoms with van der Waals surface area (Å²) >= 11 is 0. The smallest absolute Gasteiger partial charge is 0.410 e. The maximum absolute atomic E-state index is 15.1. The lowest BCUT2D eigenvalue weighted by molar-refractivity contribution is -0.121. The molecule has 6 heterocycles. The van der Waals surface area contributed by atoms with Gasteiger partial charge in [0.15, 0.2) is 11.6 Å². The van der Waals surface area contributed by atoms with Crippen LogP contribution in [0.1, 0.15) is 69.4 Å². The quantitative estimate of drug-likeness (QED) is 0.236. The van der Waals surface area contributed by atoms with Crippen molar-refractivity contribution >= 4 is 63.4 Å². The average molecular weight is 827 g/mol. The third-order valence-corrected chi connectivity index (χ3v) is 10.9. The molecule has 0 spiro atoms. The molecular weight excluding hydrogens is 780 g/mol. The van der Waals surface area contributed by atoms with Crippen molar-refractivity contribution in [2.75, 3.05) is 49.1 Å². The first-order valence-corrected chi connectivity index (χ1v) is 19.3. The minimum absolute atomic E-state index is 0.0824. The number of fused-ring (bicyclic) bond motifs is 2. The lowest BCUT2D eigenvalue weighted by Gasteiger charge is -2.39. The van der Waals surface area contributed by atoms with Crippen LogP contribution in [0.2, 0.25) is 0 Å². The third-order valence-electron chi connectivity index (χ3n) is 10.9. The van der Waals surface area contributed by atoms with Crippen molar-refractivity contribution < 1.29 is 46.3 Å². The van der Waals surface area contributed by atoms with Crippen LogP contribution < -0.4 is 25.8 Å². The molecular formula is C39H46F4N10O6. The molecule has 7 amide bonds. The number of halogens is 4. The van der Waals surface area contributed by atoms with E-state index in [0.717, 1.165) is 4.90 Å². The Kier molecular flexibility index (Phi) is 10.8. The molecule has 4 saturated heterocycles. The van der Waals surface area contributed by atoms with E-state index in [1.165, 1.54) is 14.5 Å². The first-order chi connectivity index (χ1) is 27.7. The summed E-state index contributed by atoms with van der Waals surface area (Å²) in [6, 6.07) is 9.00. The van der Waals surface area contributed by atoms with Crippen LogP contribution in [0.5, 0.6) is 0 Å². The number of piperidine rings is 2. The molecule has 2 atom stereocenters. The predicted molar refractivity (Wildman–Crippen MR) is 208 cm³/mol. The van der Waals surface area contributed by atoms with Crippen LogP contribution in [0.25, 0.3) is 21.8 Å². The van der Waals surface area contributed by atoms with Crippen LogP contribution in [0.4, 0.5) is 43.6 Å². The zero-order valence-electron chi connectivity index (χ0n) is 33.3. The Balaban J connectivity index is 0.000000184. The van der Waals surface area contributed by atoms with E-state index in [4.69, 9.17) is 4.74 Å². The molecule has 59 heavy (non-hydrogen) atoms. The van der Waals surface area contributed by atoms with Crippen LogP contribution in [0, 0.1) is 0 Å². The lowest BCUT2D eigenvalue weighted by atomic mass is 9.86. The van der Waals surface area contributed by atoms with Crippen molar-refractivity contribution in [1.82, 2.24) is 40.4 Å². The number of urea groups is 2. The number of aryl methyl sites for hydroxylation is 2. The van der Waals surface area contributed by atoms with Gasteiger partial charge in [-0.25, -0.2) is 31.9 Å². The number of nitrogens with zero attached hydrogens (tertiary/aromatic N) is 7. The summed E-state index contributed by atoms with van der Waals surface area (Å²) < 4.78 is 67.1. The van der Waals surface area contributed by atoms with Gasteiger partial charge in [-0.15, -0.1) is 0 Å². The van der Waals surface area contributed by atoms with Crippen LogP contribution in [-0.4, -0.2) is 111 Å². The number of amides is 7. The summed E-state index contributed by atoms with van der Waals surface area (Å²) in [5.74, 6) is -7.73. The number of nitrogens with one attached hydrogen (secondary N) is 3. The summed E-state index contributed by atoms with van der Waals surface area (Å²) in [7, 11) is 3.38. The Hall–Kier alpha value is -5.79. The maximum Gasteiger partial charge on any atom is 0.410 e. The van der Waals surface area contributed by atoms with Gasteiger partial charge in [0.2, 0.25) is 11.8 Å². The van der Waals surface area contributed by atoms with E-state index in [2.05, 4.69) is 26.1 Å². The molecule has 316 valence electrons. The minimum Gasteiger partial charge on any atom is -0.444 e. The second-order valence-electron chi connectivity index (χ2n) is 16.2. The summed E-state index contributed by atoms with van der Waals surface area (Å²) in [4.78, 5) is 63.2. The highest BCUT2D eigenvalue weighted by molar-refractivity contribution is 6.10. The van der Waals surface area contributed by atoms with Crippen LogP contribution in [-0.2, 0) is 28.4 Å². The highest BCUT2D eigenvalue weighted by atomic mass is 19.3. The molecule has 0 saturated carbocycles. The Morgan fingerprint density at radius 1 is 0.746 bits per heavy atom. The van der Waals surface area contributed by atoms with Gasteiger partial charge < -0.3 is 15.0 Å². The number of carbonyl (C=O) groups is 5. The summed E-state index contributed by atoms with van der Waals surface area (Å²) in [5, 5.41) is 17.4. The molecule has 4 aliphatic heterocycles. The standard InChI is InChI=1S/C22H27F2N5O4.C17H19F2N5O2/c1-21(2,3)33-20(32)28-9-7-15(22(23,24)12-28)13-5-6-14-16(11-13)27(4)26-18(14)29-10-8-17(30)25-19(29)31;1-23-13-8-10(12-4-6-20-9-17(12,18)19)2-3-11(13)15(22-23)24-7-5-14(25)21-16(24)26/h5-6,11,15H,7-10,12H2,1-4H3,(H,25,30,31);2-3,8,12,20H,4-7,9H2,1H3,(H,21,25,26)/t15-;12-/m11/s1. The summed E-state index contributed by atoms with van der Waals surface area (Å²) in [5.41, 5.74) is 1.51. The molecule has 8 rings (SSSR count). The van der Waals surface area contributed by atoms with E-state index >= 15 is 8.78 Å². The number of hydrogen-bond acceptors (Lipinski definition) is 9. The fourth-order valence-corrected chi connectivity index (χ4v) is 7.95. The molecule has 4 aromatic rings. The molecule has 0 unspecified atom stereocenters. The lowest BCUT2D eigenvalue weighted by Crippen LogP contribution is -2.50. The predicted octanol–water partition coefficient (Wildman–Crippen LogP) is 5.11. The number of carbonyl (C=O) groups excluding carboxylic acids is 5. The Bertz CT molecular complexity index is 2340. The second-order valence-corrected chi connectivity index (χ2v) is 16.2. The minimum atomic E-state index is -3.14. The molecule has 0 aliphatic carbocycles. The number of alkyl halides is 4. The number of benzene rings is 2. The van der Waals surface area contributed by atoms with E-state index in [0.29, 0.717) is 57.5 Å². The highest BCUT2D eigenvalue weighted by Gasteiger charge is 2.48. The van der Waals surface area contributed by atoms with E-state index in [-0.39, 0.29) is 57.3 Å². The van der Waals surface area contributed by atoms with Gasteiger partial charge in [-0.1, -0.05) is 12.1 Å². The van der Waals surface area contributed by atoms with Crippen molar-refractivity contribution in [1.29, 1.82) is 0 Å². The van der Waals surface area contributed by atoms with Crippen LogP contribution in [0.3, 0.4) is 0 Å². The molecule has 3 N–H and O–H groups in total. The monoisotopic (exact) mass is 826 g/mol. The van der Waals surface area contributed by atoms with E-state index < -0.39 is 54.0 Å². The van der Waals surface area contributed by atoms with Gasteiger partial charge >= 0.3 is 18.2 Å². The number of hydrogen-bond donors (Lipinski definition) is 3. The second kappa shape index (κ2) is 15.4. The topological polar surface area (TPSA) is 176 Å². The molecule has 20 heteroatoms. The normalized spacial score (nSPS) is 22.2. The third kappa shape index (κ3) is 8.40. The van der Waals surface area contributed by atoms with Crippen molar-refractivity contribution in [3.63, 3.8) is 0 Å². The zero-order chi connectivity index (χ0) is 42.6. The number of likely N-dealkylation sites (tertiary alicyclic amines) is 1. The van der Waals surface area contributed by atoms with Gasteiger partial charge in [0.05, 0.1) is 36.0 Å². The van der Waals surface area contributed by atoms with Crippen molar-refractivity contribution in [2.45, 2.75) is 75.7 Å². The molecule has 4 fully saturated rings. The summed E-state index contributed by atoms with van der Waals surface area (Å²) in [6.07, 6.45) is 0.0533. The molecule has 2 aromatic carbocycles. The SMILES string of the molecule is Cn1nc(N2CCC(=O)NC2=O)c2ccc([C@H]3CCN(C(=O)OC(C)(C)C)CC3(F)F)cc21.Cn1nc(N2CCC(=O)NC2=O)c2ccc([C@H]3CCNCC3(F)F)cc21. The number of rotatable bonds is 4. The Morgan fingerprint density at radius 3 is 1.68 bits per heavy atom. The van der Waals surface area contributed by atoms with Gasteiger partial charge in [0.25, 0.3) is 11.8 Å².